The highest BCUT2D eigenvalue weighted by Gasteiger charge is 2.23. The van der Waals surface area contributed by atoms with Crippen LogP contribution in [0.3, 0.4) is 0 Å². The van der Waals surface area contributed by atoms with Gasteiger partial charge in [-0.05, 0) is 40.6 Å². The first kappa shape index (κ1) is 15.0. The number of benzene rings is 3. The molecule has 0 bridgehead atoms. The monoisotopic (exact) mass is 308 g/mol. The van der Waals surface area contributed by atoms with Crippen molar-refractivity contribution >= 4 is 22.4 Å². The first-order valence-electron chi connectivity index (χ1n) is 7.32. The lowest BCUT2D eigenvalue weighted by atomic mass is 10.0. The quantitative estimate of drug-likeness (QED) is 0.800. The minimum atomic E-state index is -0.656. The standard InChI is InChI=1S/C19H17FN2O/c1-22(17-11-8-13-4-2-3-5-15(13)12-17)18(19(21)23)14-6-9-16(20)10-7-14/h2-12,18H,1H3,(H2,21,23). The van der Waals surface area contributed by atoms with Crippen molar-refractivity contribution in [2.24, 2.45) is 5.73 Å². The first-order valence-corrected chi connectivity index (χ1v) is 7.32. The van der Waals surface area contributed by atoms with Gasteiger partial charge in [0.25, 0.3) is 0 Å². The Morgan fingerprint density at radius 1 is 1.00 bits per heavy atom. The van der Waals surface area contributed by atoms with Gasteiger partial charge in [0.05, 0.1) is 0 Å². The molecule has 1 atom stereocenters. The van der Waals surface area contributed by atoms with E-state index in [4.69, 9.17) is 5.73 Å². The molecule has 23 heavy (non-hydrogen) atoms. The molecular formula is C19H17FN2O. The van der Waals surface area contributed by atoms with Gasteiger partial charge >= 0.3 is 0 Å². The van der Waals surface area contributed by atoms with Crippen LogP contribution in [0.5, 0.6) is 0 Å². The summed E-state index contributed by atoms with van der Waals surface area (Å²) in [6, 6.07) is 19.1. The van der Waals surface area contributed by atoms with Gasteiger partial charge in [-0.2, -0.15) is 0 Å². The summed E-state index contributed by atoms with van der Waals surface area (Å²) in [7, 11) is 1.81. The van der Waals surface area contributed by atoms with Crippen molar-refractivity contribution in [3.05, 3.63) is 78.1 Å². The number of halogens is 1. The van der Waals surface area contributed by atoms with Gasteiger partial charge in [-0.25, -0.2) is 4.39 Å². The number of anilines is 1. The van der Waals surface area contributed by atoms with Gasteiger partial charge in [0, 0.05) is 12.7 Å². The van der Waals surface area contributed by atoms with Crippen LogP contribution in [0.2, 0.25) is 0 Å². The number of primary amides is 1. The van der Waals surface area contributed by atoms with Crippen LogP contribution >= 0.6 is 0 Å². The van der Waals surface area contributed by atoms with Crippen LogP contribution in [-0.2, 0) is 4.79 Å². The molecule has 0 saturated heterocycles. The molecule has 0 spiro atoms. The van der Waals surface area contributed by atoms with Crippen molar-refractivity contribution < 1.29 is 9.18 Å². The molecule has 0 aliphatic carbocycles. The molecule has 0 aliphatic rings. The van der Waals surface area contributed by atoms with Crippen LogP contribution in [0.15, 0.2) is 66.7 Å². The lowest BCUT2D eigenvalue weighted by molar-refractivity contribution is -0.119. The number of likely N-dealkylation sites (N-methyl/N-ethyl adjacent to an activating group) is 1. The van der Waals surface area contributed by atoms with Crippen LogP contribution in [-0.4, -0.2) is 13.0 Å². The summed E-state index contributed by atoms with van der Waals surface area (Å²) in [5.41, 5.74) is 7.12. The Morgan fingerprint density at radius 2 is 1.65 bits per heavy atom. The van der Waals surface area contributed by atoms with Crippen molar-refractivity contribution in [3.63, 3.8) is 0 Å². The summed E-state index contributed by atoms with van der Waals surface area (Å²) >= 11 is 0. The Morgan fingerprint density at radius 3 is 2.30 bits per heavy atom. The van der Waals surface area contributed by atoms with Gasteiger partial charge in [0.2, 0.25) is 5.91 Å². The second kappa shape index (κ2) is 6.08. The minimum absolute atomic E-state index is 0.342. The lowest BCUT2D eigenvalue weighted by Gasteiger charge is -2.28. The molecule has 0 saturated carbocycles. The third-order valence-electron chi connectivity index (χ3n) is 3.98. The van der Waals surface area contributed by atoms with Gasteiger partial charge in [-0.3, -0.25) is 4.79 Å². The highest BCUT2D eigenvalue weighted by atomic mass is 19.1. The van der Waals surface area contributed by atoms with E-state index in [1.54, 1.807) is 12.1 Å². The van der Waals surface area contributed by atoms with Gasteiger partial charge in [0.1, 0.15) is 11.9 Å². The maximum absolute atomic E-state index is 13.1. The zero-order valence-corrected chi connectivity index (χ0v) is 12.7. The van der Waals surface area contributed by atoms with Crippen LogP contribution in [0, 0.1) is 5.82 Å². The molecule has 2 N–H and O–H groups in total. The molecule has 3 nitrogen and oxygen atoms in total. The van der Waals surface area contributed by atoms with Crippen molar-refractivity contribution in [2.75, 3.05) is 11.9 Å². The summed E-state index contributed by atoms with van der Waals surface area (Å²) < 4.78 is 13.1. The largest absolute Gasteiger partial charge is 0.368 e. The molecule has 3 rings (SSSR count). The van der Waals surface area contributed by atoms with E-state index >= 15 is 0 Å². The molecule has 0 heterocycles. The number of fused-ring (bicyclic) bond motifs is 1. The molecule has 0 radical (unpaired) electrons. The van der Waals surface area contributed by atoms with Crippen LogP contribution in [0.4, 0.5) is 10.1 Å². The summed E-state index contributed by atoms with van der Waals surface area (Å²) in [5.74, 6) is -0.822. The van der Waals surface area contributed by atoms with Gasteiger partial charge < -0.3 is 10.6 Å². The number of rotatable bonds is 4. The van der Waals surface area contributed by atoms with Crippen LogP contribution < -0.4 is 10.6 Å². The number of hydrogen-bond acceptors (Lipinski definition) is 2. The van der Waals surface area contributed by atoms with E-state index in [2.05, 4.69) is 0 Å². The summed E-state index contributed by atoms with van der Waals surface area (Å²) in [5, 5.41) is 2.21. The third-order valence-corrected chi connectivity index (χ3v) is 3.98. The second-order valence-electron chi connectivity index (χ2n) is 5.50. The molecule has 3 aromatic carbocycles. The molecule has 116 valence electrons. The molecule has 0 aromatic heterocycles. The van der Waals surface area contributed by atoms with E-state index in [0.717, 1.165) is 16.5 Å². The molecule has 3 aromatic rings. The van der Waals surface area contributed by atoms with E-state index in [1.807, 2.05) is 54.4 Å². The van der Waals surface area contributed by atoms with E-state index in [0.29, 0.717) is 5.56 Å². The maximum Gasteiger partial charge on any atom is 0.244 e. The average molecular weight is 308 g/mol. The number of carbonyl (C=O) groups is 1. The summed E-state index contributed by atoms with van der Waals surface area (Å²) in [4.78, 5) is 13.8. The Bertz CT molecular complexity index is 845. The molecule has 1 unspecified atom stereocenters. The molecular weight excluding hydrogens is 291 g/mol. The lowest BCUT2D eigenvalue weighted by Crippen LogP contribution is -2.35. The topological polar surface area (TPSA) is 46.3 Å². The predicted octanol–water partition coefficient (Wildman–Crippen LogP) is 3.64. The minimum Gasteiger partial charge on any atom is -0.368 e. The number of nitrogens with two attached hydrogens (primary N) is 1. The number of carbonyl (C=O) groups excluding carboxylic acids is 1. The second-order valence-corrected chi connectivity index (χ2v) is 5.50. The fourth-order valence-electron chi connectivity index (χ4n) is 2.77. The van der Waals surface area contributed by atoms with E-state index < -0.39 is 11.9 Å². The summed E-state index contributed by atoms with van der Waals surface area (Å²) in [6.45, 7) is 0. The van der Waals surface area contributed by atoms with Crippen molar-refractivity contribution in [1.29, 1.82) is 0 Å². The zero-order valence-electron chi connectivity index (χ0n) is 12.7. The third kappa shape index (κ3) is 3.01. The van der Waals surface area contributed by atoms with Crippen LogP contribution in [0.25, 0.3) is 10.8 Å². The average Bonchev–Trinajstić information content (AvgIpc) is 2.56. The first-order chi connectivity index (χ1) is 11.1. The zero-order chi connectivity index (χ0) is 16.4. The van der Waals surface area contributed by atoms with E-state index in [9.17, 15) is 9.18 Å². The highest BCUT2D eigenvalue weighted by molar-refractivity contribution is 5.89. The van der Waals surface area contributed by atoms with Crippen molar-refractivity contribution in [3.8, 4) is 0 Å². The number of amides is 1. The van der Waals surface area contributed by atoms with E-state index in [1.165, 1.54) is 12.1 Å². The Kier molecular flexibility index (Phi) is 3.98. The fraction of sp³-hybridized carbons (Fsp3) is 0.105. The van der Waals surface area contributed by atoms with Crippen molar-refractivity contribution in [1.82, 2.24) is 0 Å². The van der Waals surface area contributed by atoms with Gasteiger partial charge in [-0.15, -0.1) is 0 Å². The van der Waals surface area contributed by atoms with Gasteiger partial charge in [0.15, 0.2) is 0 Å². The van der Waals surface area contributed by atoms with Crippen molar-refractivity contribution in [2.45, 2.75) is 6.04 Å². The number of nitrogens with zero attached hydrogens (tertiary/aromatic N) is 1. The maximum atomic E-state index is 13.1. The highest BCUT2D eigenvalue weighted by Crippen LogP contribution is 2.28. The molecule has 0 aliphatic heterocycles. The Labute approximate surface area is 134 Å². The molecule has 4 heteroatoms. The van der Waals surface area contributed by atoms with Crippen LogP contribution in [0.1, 0.15) is 11.6 Å². The summed E-state index contributed by atoms with van der Waals surface area (Å²) in [6.07, 6.45) is 0. The normalized spacial score (nSPS) is 12.1. The SMILES string of the molecule is CN(c1ccc2ccccc2c1)C(C(N)=O)c1ccc(F)cc1. The Balaban J connectivity index is 2.01. The smallest absolute Gasteiger partial charge is 0.244 e. The van der Waals surface area contributed by atoms with Gasteiger partial charge in [-0.1, -0.05) is 42.5 Å². The Hall–Kier alpha value is -2.88. The predicted molar refractivity (Wildman–Crippen MR) is 90.7 cm³/mol. The van der Waals surface area contributed by atoms with E-state index in [-0.39, 0.29) is 5.82 Å². The fourth-order valence-corrected chi connectivity index (χ4v) is 2.77. The molecule has 0 fully saturated rings. The molecule has 1 amide bonds. The number of hydrogen-bond donors (Lipinski definition) is 1.